The Hall–Kier alpha value is -5.41. The van der Waals surface area contributed by atoms with Crippen molar-refractivity contribution in [3.8, 4) is 28.4 Å². The number of alkyl halides is 3. The first kappa shape index (κ1) is 31.5. The highest BCUT2D eigenvalue weighted by molar-refractivity contribution is 5.99. The number of benzene rings is 2. The third-order valence-corrected chi connectivity index (χ3v) is 6.31. The molecule has 0 saturated carbocycles. The molecular formula is C28H27F4N7O5. The Labute approximate surface area is 248 Å². The van der Waals surface area contributed by atoms with Gasteiger partial charge in [-0.3, -0.25) is 14.6 Å². The van der Waals surface area contributed by atoms with Crippen LogP contribution in [0.3, 0.4) is 0 Å². The molecule has 0 bridgehead atoms. The zero-order valence-electron chi connectivity index (χ0n) is 23.9. The van der Waals surface area contributed by atoms with Crippen LogP contribution in [-0.2, 0) is 22.4 Å². The molecule has 0 atom stereocenters. The summed E-state index contributed by atoms with van der Waals surface area (Å²) in [5, 5.41) is 9.97. The standard InChI is InChI=1S/C28H27F4N7O5/c1-38(12-25(41)36-18-9-19(42-3)11-33-10-18)22-8-17(28(30,31)32)7-20(26(22)39(2)15-40)16-5-21(29)27(23(6-16)43-4)44-13-24-34-14-35-37-24/h5-11,14-15H,12-13H2,1-4H3,(H,36,41)(H,34,35,37). The summed E-state index contributed by atoms with van der Waals surface area (Å²) in [6, 6.07) is 5.35. The second-order valence-electron chi connectivity index (χ2n) is 9.34. The van der Waals surface area contributed by atoms with Crippen LogP contribution in [0.5, 0.6) is 17.2 Å². The zero-order chi connectivity index (χ0) is 32.0. The van der Waals surface area contributed by atoms with E-state index >= 15 is 4.39 Å². The number of amides is 2. The Morgan fingerprint density at radius 3 is 2.50 bits per heavy atom. The van der Waals surface area contributed by atoms with Crippen molar-refractivity contribution in [1.29, 1.82) is 0 Å². The molecule has 0 saturated heterocycles. The van der Waals surface area contributed by atoms with Crippen molar-refractivity contribution in [3.63, 3.8) is 0 Å². The van der Waals surface area contributed by atoms with Crippen molar-refractivity contribution in [2.75, 3.05) is 50.0 Å². The lowest BCUT2D eigenvalue weighted by molar-refractivity contribution is -0.137. The molecule has 12 nitrogen and oxygen atoms in total. The number of H-pyrrole nitrogens is 1. The number of hydrogen-bond donors (Lipinski definition) is 2. The van der Waals surface area contributed by atoms with Gasteiger partial charge < -0.3 is 34.3 Å². The highest BCUT2D eigenvalue weighted by atomic mass is 19.4. The fraction of sp³-hybridized carbons (Fsp3) is 0.250. The molecule has 2 aromatic carbocycles. The normalized spacial score (nSPS) is 11.1. The van der Waals surface area contributed by atoms with Crippen molar-refractivity contribution >= 4 is 29.4 Å². The van der Waals surface area contributed by atoms with Crippen LogP contribution in [-0.4, -0.2) is 67.3 Å². The predicted molar refractivity (Wildman–Crippen MR) is 151 cm³/mol. The van der Waals surface area contributed by atoms with Crippen molar-refractivity contribution < 1.29 is 41.4 Å². The lowest BCUT2D eigenvalue weighted by Crippen LogP contribution is -2.32. The number of methoxy groups -OCH3 is 2. The Bertz CT molecular complexity index is 1630. The molecule has 0 aliphatic heterocycles. The molecule has 2 heterocycles. The van der Waals surface area contributed by atoms with Gasteiger partial charge in [-0.15, -0.1) is 10.2 Å². The second-order valence-corrected chi connectivity index (χ2v) is 9.34. The number of rotatable bonds is 12. The Balaban J connectivity index is 1.78. The molecule has 16 heteroatoms. The van der Waals surface area contributed by atoms with Gasteiger partial charge in [0.15, 0.2) is 23.1 Å². The van der Waals surface area contributed by atoms with E-state index in [1.807, 2.05) is 0 Å². The molecular weight excluding hydrogens is 590 g/mol. The van der Waals surface area contributed by atoms with Crippen LogP contribution in [0.4, 0.5) is 34.6 Å². The molecule has 0 fully saturated rings. The summed E-state index contributed by atoms with van der Waals surface area (Å²) in [5.74, 6) is -1.31. The van der Waals surface area contributed by atoms with E-state index in [4.69, 9.17) is 14.2 Å². The predicted octanol–water partition coefficient (Wildman–Crippen LogP) is 4.29. The second kappa shape index (κ2) is 13.3. The molecule has 2 amide bonds. The summed E-state index contributed by atoms with van der Waals surface area (Å²) >= 11 is 0. The zero-order valence-corrected chi connectivity index (χ0v) is 23.9. The van der Waals surface area contributed by atoms with Gasteiger partial charge in [-0.05, 0) is 29.8 Å². The van der Waals surface area contributed by atoms with Crippen LogP contribution in [0.25, 0.3) is 11.1 Å². The van der Waals surface area contributed by atoms with Gasteiger partial charge in [0.1, 0.15) is 18.7 Å². The number of carbonyl (C=O) groups is 2. The molecule has 0 spiro atoms. The molecule has 44 heavy (non-hydrogen) atoms. The van der Waals surface area contributed by atoms with Crippen LogP contribution >= 0.6 is 0 Å². The number of pyridine rings is 1. The molecule has 232 valence electrons. The van der Waals surface area contributed by atoms with Crippen molar-refractivity contribution in [2.45, 2.75) is 12.8 Å². The molecule has 4 rings (SSSR count). The van der Waals surface area contributed by atoms with Crippen molar-refractivity contribution in [1.82, 2.24) is 20.2 Å². The lowest BCUT2D eigenvalue weighted by Gasteiger charge is -2.28. The summed E-state index contributed by atoms with van der Waals surface area (Å²) in [7, 11) is 5.36. The van der Waals surface area contributed by atoms with Crippen LogP contribution in [0, 0.1) is 5.82 Å². The minimum Gasteiger partial charge on any atom is -0.495 e. The van der Waals surface area contributed by atoms with Crippen LogP contribution in [0.2, 0.25) is 0 Å². The molecule has 0 aliphatic carbocycles. The minimum atomic E-state index is -4.83. The number of halogens is 4. The minimum absolute atomic E-state index is 0.0249. The van der Waals surface area contributed by atoms with E-state index in [1.54, 1.807) is 0 Å². The number of aromatic amines is 1. The van der Waals surface area contributed by atoms with Crippen molar-refractivity contribution in [2.24, 2.45) is 0 Å². The monoisotopic (exact) mass is 617 g/mol. The van der Waals surface area contributed by atoms with Gasteiger partial charge in [0.2, 0.25) is 12.3 Å². The smallest absolute Gasteiger partial charge is 0.416 e. The SMILES string of the molecule is COc1cncc(NC(=O)CN(C)c2cc(C(F)(F)F)cc(-c3cc(F)c(OCc4nnc[nH]4)c(OC)c3)c2N(C)C=O)c1. The molecule has 0 aliphatic rings. The Morgan fingerprint density at radius 2 is 1.86 bits per heavy atom. The van der Waals surface area contributed by atoms with Crippen LogP contribution < -0.4 is 29.3 Å². The number of carbonyl (C=O) groups excluding carboxylic acids is 2. The number of nitrogens with zero attached hydrogens (tertiary/aromatic N) is 5. The maximum Gasteiger partial charge on any atom is 0.416 e. The van der Waals surface area contributed by atoms with E-state index in [-0.39, 0.29) is 40.6 Å². The van der Waals surface area contributed by atoms with Gasteiger partial charge in [0.25, 0.3) is 0 Å². The average molecular weight is 618 g/mol. The quantitative estimate of drug-likeness (QED) is 0.176. The van der Waals surface area contributed by atoms with Gasteiger partial charge >= 0.3 is 6.18 Å². The molecule has 2 N–H and O–H groups in total. The topological polar surface area (TPSA) is 135 Å². The first-order valence-electron chi connectivity index (χ1n) is 12.7. The molecule has 2 aromatic heterocycles. The fourth-order valence-electron chi connectivity index (χ4n) is 4.27. The Kier molecular flexibility index (Phi) is 9.51. The summed E-state index contributed by atoms with van der Waals surface area (Å²) in [6.07, 6.45) is -0.341. The number of ether oxygens (including phenoxy) is 3. The molecule has 4 aromatic rings. The maximum absolute atomic E-state index is 15.4. The maximum atomic E-state index is 15.4. The van der Waals surface area contributed by atoms with Gasteiger partial charge in [-0.1, -0.05) is 0 Å². The van der Waals surface area contributed by atoms with Gasteiger partial charge in [-0.25, -0.2) is 4.39 Å². The number of nitrogens with one attached hydrogen (secondary N) is 2. The van der Waals surface area contributed by atoms with E-state index < -0.39 is 30.0 Å². The number of hydrogen-bond acceptors (Lipinski definition) is 9. The molecule has 0 unspecified atom stereocenters. The van der Waals surface area contributed by atoms with Gasteiger partial charge in [0.05, 0.1) is 55.8 Å². The highest BCUT2D eigenvalue weighted by Gasteiger charge is 2.34. The van der Waals surface area contributed by atoms with Gasteiger partial charge in [-0.2, -0.15) is 13.2 Å². The molecule has 0 radical (unpaired) electrons. The fourth-order valence-corrected chi connectivity index (χ4v) is 4.27. The van der Waals surface area contributed by atoms with Crippen LogP contribution in [0.15, 0.2) is 49.1 Å². The van der Waals surface area contributed by atoms with E-state index in [0.29, 0.717) is 23.7 Å². The highest BCUT2D eigenvalue weighted by Crippen LogP contribution is 2.46. The lowest BCUT2D eigenvalue weighted by atomic mass is 9.97. The van der Waals surface area contributed by atoms with E-state index in [1.165, 1.54) is 64.1 Å². The largest absolute Gasteiger partial charge is 0.495 e. The first-order valence-corrected chi connectivity index (χ1v) is 12.7. The number of likely N-dealkylation sites (N-methyl/N-ethyl adjacent to an activating group) is 1. The summed E-state index contributed by atoms with van der Waals surface area (Å²) in [5.41, 5.74) is -1.17. The van der Waals surface area contributed by atoms with E-state index in [9.17, 15) is 22.8 Å². The summed E-state index contributed by atoms with van der Waals surface area (Å²) < 4.78 is 73.8. The third-order valence-electron chi connectivity index (χ3n) is 6.31. The van der Waals surface area contributed by atoms with E-state index in [0.717, 1.165) is 23.1 Å². The number of aromatic nitrogens is 4. The average Bonchev–Trinajstić information content (AvgIpc) is 3.52. The van der Waals surface area contributed by atoms with E-state index in [2.05, 4.69) is 25.5 Å². The summed E-state index contributed by atoms with van der Waals surface area (Å²) in [4.78, 5) is 33.8. The van der Waals surface area contributed by atoms with Crippen LogP contribution in [0.1, 0.15) is 11.4 Å². The summed E-state index contributed by atoms with van der Waals surface area (Å²) in [6.45, 7) is -0.623. The first-order chi connectivity index (χ1) is 20.9. The number of anilines is 3. The third kappa shape index (κ3) is 7.14. The van der Waals surface area contributed by atoms with Gasteiger partial charge in [0, 0.05) is 25.7 Å². The van der Waals surface area contributed by atoms with Crippen molar-refractivity contribution in [3.05, 3.63) is 66.3 Å². The Morgan fingerprint density at radius 1 is 1.09 bits per heavy atom.